The molecule has 2 rings (SSSR count). The van der Waals surface area contributed by atoms with E-state index >= 15 is 0 Å². The molecule has 9 heteroatoms. The summed E-state index contributed by atoms with van der Waals surface area (Å²) >= 11 is 3.35. The Hall–Kier alpha value is -1.16. The van der Waals surface area contributed by atoms with Gasteiger partial charge in [-0.2, -0.15) is 0 Å². The maximum Gasteiger partial charge on any atom is 0.251 e. The van der Waals surface area contributed by atoms with Crippen molar-refractivity contribution in [2.45, 2.75) is 6.42 Å². The zero-order chi connectivity index (χ0) is 17.9. The molecule has 1 heterocycles. The highest BCUT2D eigenvalue weighted by molar-refractivity contribution is 9.10. The number of amides is 1. The Labute approximate surface area is 173 Å². The number of rotatable bonds is 8. The Morgan fingerprint density at radius 1 is 1.19 bits per heavy atom. The highest BCUT2D eigenvalue weighted by atomic mass is 79.9. The molecule has 1 aromatic rings. The van der Waals surface area contributed by atoms with E-state index in [2.05, 4.69) is 36.5 Å². The van der Waals surface area contributed by atoms with Gasteiger partial charge < -0.3 is 21.1 Å². The molecule has 1 amide bonds. The lowest BCUT2D eigenvalue weighted by Gasteiger charge is -2.26. The van der Waals surface area contributed by atoms with Gasteiger partial charge in [-0.3, -0.25) is 14.7 Å². The van der Waals surface area contributed by atoms with Crippen LogP contribution in [0.4, 0.5) is 0 Å². The predicted molar refractivity (Wildman–Crippen MR) is 113 cm³/mol. The number of morpholine rings is 1. The van der Waals surface area contributed by atoms with Crippen LogP contribution in [0.15, 0.2) is 33.7 Å². The van der Waals surface area contributed by atoms with Crippen LogP contribution >= 0.6 is 32.9 Å². The molecule has 0 radical (unpaired) electrons. The van der Waals surface area contributed by atoms with Gasteiger partial charge in [0, 0.05) is 49.3 Å². The first-order chi connectivity index (χ1) is 12.1. The van der Waals surface area contributed by atoms with E-state index < -0.39 is 0 Å². The molecule has 0 aliphatic carbocycles. The van der Waals surface area contributed by atoms with Crippen LogP contribution in [0.3, 0.4) is 0 Å². The lowest BCUT2D eigenvalue weighted by molar-refractivity contribution is 0.0377. The van der Waals surface area contributed by atoms with Gasteiger partial charge in [0.1, 0.15) is 0 Å². The minimum Gasteiger partial charge on any atom is -0.379 e. The molecule has 0 saturated carbocycles. The Kier molecular flexibility index (Phi) is 11.5. The highest BCUT2D eigenvalue weighted by Crippen LogP contribution is 2.10. The van der Waals surface area contributed by atoms with Gasteiger partial charge in [-0.15, -0.1) is 17.0 Å². The minimum absolute atomic E-state index is 0. The number of hydrogen-bond acceptors (Lipinski definition) is 4. The van der Waals surface area contributed by atoms with Gasteiger partial charge in [-0.05, 0) is 30.7 Å². The number of nitrogens with two attached hydrogens (primary N) is 1. The van der Waals surface area contributed by atoms with Crippen LogP contribution in [0.5, 0.6) is 0 Å². The lowest BCUT2D eigenvalue weighted by Crippen LogP contribution is -2.39. The maximum atomic E-state index is 11.9. The fourth-order valence-corrected chi connectivity index (χ4v) is 2.71. The first-order valence-electron chi connectivity index (χ1n) is 8.53. The van der Waals surface area contributed by atoms with Crippen LogP contribution in [0, 0.1) is 0 Å². The molecule has 0 spiro atoms. The second kappa shape index (κ2) is 13.1. The summed E-state index contributed by atoms with van der Waals surface area (Å²) in [4.78, 5) is 18.6. The van der Waals surface area contributed by atoms with Crippen LogP contribution in [-0.2, 0) is 4.74 Å². The number of hydrogen-bond donors (Lipinski definition) is 3. The first-order valence-corrected chi connectivity index (χ1v) is 9.32. The summed E-state index contributed by atoms with van der Waals surface area (Å²) in [6.45, 7) is 6.37. The van der Waals surface area contributed by atoms with Crippen LogP contribution in [0.1, 0.15) is 16.8 Å². The van der Waals surface area contributed by atoms with E-state index in [0.29, 0.717) is 31.2 Å². The third kappa shape index (κ3) is 8.98. The second-order valence-corrected chi connectivity index (χ2v) is 6.68. The number of carbonyl (C=O) groups is 1. The standard InChI is InChI=1S/C17H26BrN5O2.BrH/c18-15-4-2-14(3-5-15)16(24)20-7-8-22-17(19)21-6-1-9-23-10-12-25-13-11-23;/h2-5H,1,6-13H2,(H,20,24)(H3,19,21,22);1H. The molecule has 1 aliphatic rings. The van der Waals surface area contributed by atoms with E-state index in [1.165, 1.54) is 0 Å². The molecule has 0 bridgehead atoms. The first kappa shape index (κ1) is 22.9. The van der Waals surface area contributed by atoms with Crippen molar-refractivity contribution in [2.24, 2.45) is 10.7 Å². The summed E-state index contributed by atoms with van der Waals surface area (Å²) < 4.78 is 6.27. The Bertz CT molecular complexity index is 563. The maximum absolute atomic E-state index is 11.9. The molecule has 0 unspecified atom stereocenters. The summed E-state index contributed by atoms with van der Waals surface area (Å²) in [5, 5.41) is 5.85. The van der Waals surface area contributed by atoms with E-state index in [4.69, 9.17) is 10.5 Å². The van der Waals surface area contributed by atoms with Crippen molar-refractivity contribution in [3.63, 3.8) is 0 Å². The average Bonchev–Trinajstić information content (AvgIpc) is 2.63. The Morgan fingerprint density at radius 3 is 2.54 bits per heavy atom. The summed E-state index contributed by atoms with van der Waals surface area (Å²) in [6, 6.07) is 7.23. The quantitative estimate of drug-likeness (QED) is 0.289. The number of aliphatic imine (C=N–C) groups is 1. The molecule has 1 saturated heterocycles. The van der Waals surface area contributed by atoms with Crippen molar-refractivity contribution in [3.8, 4) is 0 Å². The van der Waals surface area contributed by atoms with E-state index in [1.807, 2.05) is 12.1 Å². The number of ether oxygens (including phenoxy) is 1. The molecule has 0 atom stereocenters. The van der Waals surface area contributed by atoms with Crippen LogP contribution < -0.4 is 16.4 Å². The molecule has 0 aromatic heterocycles. The number of nitrogens with one attached hydrogen (secondary N) is 2. The van der Waals surface area contributed by atoms with Crippen molar-refractivity contribution in [1.82, 2.24) is 15.5 Å². The number of nitrogens with zero attached hydrogens (tertiary/aromatic N) is 2. The molecule has 1 fully saturated rings. The van der Waals surface area contributed by atoms with E-state index in [9.17, 15) is 4.79 Å². The number of carbonyl (C=O) groups excluding carboxylic acids is 1. The van der Waals surface area contributed by atoms with Crippen molar-refractivity contribution >= 4 is 44.8 Å². The van der Waals surface area contributed by atoms with Gasteiger partial charge in [-0.25, -0.2) is 0 Å². The monoisotopic (exact) mass is 491 g/mol. The zero-order valence-electron chi connectivity index (χ0n) is 14.7. The molecule has 7 nitrogen and oxygen atoms in total. The van der Waals surface area contributed by atoms with Gasteiger partial charge in [0.2, 0.25) is 0 Å². The molecular formula is C17H27Br2N5O2. The number of halogens is 2. The average molecular weight is 493 g/mol. The fourth-order valence-electron chi connectivity index (χ4n) is 2.44. The zero-order valence-corrected chi connectivity index (χ0v) is 18.0. The molecule has 1 aromatic carbocycles. The van der Waals surface area contributed by atoms with Crippen LogP contribution in [-0.4, -0.2) is 69.2 Å². The molecule has 146 valence electrons. The summed E-state index contributed by atoms with van der Waals surface area (Å²) in [5.41, 5.74) is 6.46. The minimum atomic E-state index is -0.102. The van der Waals surface area contributed by atoms with Crippen molar-refractivity contribution in [3.05, 3.63) is 34.3 Å². The van der Waals surface area contributed by atoms with Gasteiger partial charge in [0.05, 0.1) is 13.2 Å². The third-order valence-electron chi connectivity index (χ3n) is 3.84. The van der Waals surface area contributed by atoms with Crippen molar-refractivity contribution < 1.29 is 9.53 Å². The fraction of sp³-hybridized carbons (Fsp3) is 0.529. The van der Waals surface area contributed by atoms with E-state index in [0.717, 1.165) is 43.7 Å². The van der Waals surface area contributed by atoms with Crippen LogP contribution in [0.2, 0.25) is 0 Å². The summed E-state index contributed by atoms with van der Waals surface area (Å²) in [6.07, 6.45) is 0.975. The van der Waals surface area contributed by atoms with E-state index in [-0.39, 0.29) is 22.9 Å². The number of guanidine groups is 1. The van der Waals surface area contributed by atoms with Crippen molar-refractivity contribution in [1.29, 1.82) is 0 Å². The van der Waals surface area contributed by atoms with Gasteiger partial charge >= 0.3 is 0 Å². The lowest BCUT2D eigenvalue weighted by atomic mass is 10.2. The topological polar surface area (TPSA) is 92.0 Å². The van der Waals surface area contributed by atoms with Gasteiger partial charge in [0.15, 0.2) is 5.96 Å². The largest absolute Gasteiger partial charge is 0.379 e. The molecular weight excluding hydrogens is 466 g/mol. The molecule has 1 aliphatic heterocycles. The Morgan fingerprint density at radius 2 is 1.85 bits per heavy atom. The van der Waals surface area contributed by atoms with Crippen LogP contribution in [0.25, 0.3) is 0 Å². The normalized spacial score (nSPS) is 15.2. The van der Waals surface area contributed by atoms with E-state index in [1.54, 1.807) is 12.1 Å². The molecule has 4 N–H and O–H groups in total. The number of benzene rings is 1. The molecule has 26 heavy (non-hydrogen) atoms. The van der Waals surface area contributed by atoms with Gasteiger partial charge in [-0.1, -0.05) is 15.9 Å². The SMILES string of the molecule is Br.NC(=NCCCN1CCOCC1)NCCNC(=O)c1ccc(Br)cc1. The second-order valence-electron chi connectivity index (χ2n) is 5.76. The van der Waals surface area contributed by atoms with Crippen molar-refractivity contribution in [2.75, 3.05) is 52.5 Å². The highest BCUT2D eigenvalue weighted by Gasteiger charge is 2.08. The third-order valence-corrected chi connectivity index (χ3v) is 4.37. The summed E-state index contributed by atoms with van der Waals surface area (Å²) in [7, 11) is 0. The summed E-state index contributed by atoms with van der Waals surface area (Å²) in [5.74, 6) is 0.315. The smallest absolute Gasteiger partial charge is 0.251 e. The van der Waals surface area contributed by atoms with Gasteiger partial charge in [0.25, 0.3) is 5.91 Å². The Balaban J connectivity index is 0.00000338. The predicted octanol–water partition coefficient (Wildman–Crippen LogP) is 1.38.